The van der Waals surface area contributed by atoms with Crippen molar-refractivity contribution in [2.24, 2.45) is 7.05 Å². The second-order valence-electron chi connectivity index (χ2n) is 4.51. The first-order valence-electron chi connectivity index (χ1n) is 6.44. The van der Waals surface area contributed by atoms with E-state index in [1.807, 2.05) is 0 Å². The molecular weight excluding hydrogens is 280 g/mol. The molecule has 0 aliphatic carbocycles. The van der Waals surface area contributed by atoms with Crippen LogP contribution in [0.3, 0.4) is 0 Å². The number of hydrogen-bond donors (Lipinski definition) is 1. The van der Waals surface area contributed by atoms with Gasteiger partial charge in [-0.25, -0.2) is 8.78 Å². The maximum absolute atomic E-state index is 13.9. The van der Waals surface area contributed by atoms with Gasteiger partial charge in [0.05, 0.1) is 19.0 Å². The number of benzene rings is 1. The van der Waals surface area contributed by atoms with E-state index < -0.39 is 17.4 Å². The molecule has 0 unspecified atom stereocenters. The molecule has 0 radical (unpaired) electrons. The minimum atomic E-state index is -0.748. The second-order valence-corrected chi connectivity index (χ2v) is 4.51. The molecule has 1 N–H and O–H groups in total. The molecule has 1 aromatic heterocycles. The van der Waals surface area contributed by atoms with Crippen LogP contribution in [-0.4, -0.2) is 30.0 Å². The van der Waals surface area contributed by atoms with E-state index in [4.69, 9.17) is 9.47 Å². The van der Waals surface area contributed by atoms with Gasteiger partial charge in [0.15, 0.2) is 23.1 Å². The number of methoxy groups -OCH3 is 1. The average Bonchev–Trinajstić information content (AvgIpc) is 2.85. The summed E-state index contributed by atoms with van der Waals surface area (Å²) < 4.78 is 39.4. The highest BCUT2D eigenvalue weighted by molar-refractivity contribution is 5.34. The minimum Gasteiger partial charge on any atom is -0.448 e. The predicted octanol–water partition coefficient (Wildman–Crippen LogP) is 2.23. The van der Waals surface area contributed by atoms with Crippen molar-refractivity contribution in [1.82, 2.24) is 15.1 Å². The quantitative estimate of drug-likeness (QED) is 0.796. The third-order valence-corrected chi connectivity index (χ3v) is 2.77. The Morgan fingerprint density at radius 1 is 1.29 bits per heavy atom. The number of nitrogens with one attached hydrogen (secondary N) is 1. The maximum atomic E-state index is 13.9. The summed E-state index contributed by atoms with van der Waals surface area (Å²) in [6.45, 7) is 1.49. The van der Waals surface area contributed by atoms with Gasteiger partial charge >= 0.3 is 0 Å². The lowest BCUT2D eigenvalue weighted by Gasteiger charge is -2.09. The van der Waals surface area contributed by atoms with Crippen molar-refractivity contribution in [1.29, 1.82) is 0 Å². The Kier molecular flexibility index (Phi) is 5.24. The van der Waals surface area contributed by atoms with E-state index in [2.05, 4.69) is 10.4 Å². The summed E-state index contributed by atoms with van der Waals surface area (Å²) >= 11 is 0. The minimum absolute atomic E-state index is 0.279. The van der Waals surface area contributed by atoms with Crippen molar-refractivity contribution in [2.45, 2.75) is 6.54 Å². The Hall–Kier alpha value is -1.99. The Bertz CT molecular complexity index is 579. The van der Waals surface area contributed by atoms with Crippen LogP contribution in [-0.2, 0) is 18.3 Å². The molecule has 0 saturated carbocycles. The zero-order valence-electron chi connectivity index (χ0n) is 11.9. The molecule has 7 heteroatoms. The molecule has 0 spiro atoms. The van der Waals surface area contributed by atoms with Gasteiger partial charge in [0.25, 0.3) is 0 Å². The smallest absolute Gasteiger partial charge is 0.198 e. The molecule has 21 heavy (non-hydrogen) atoms. The first kappa shape index (κ1) is 15.4. The summed E-state index contributed by atoms with van der Waals surface area (Å²) in [6.07, 6.45) is 2.91. The van der Waals surface area contributed by atoms with E-state index in [9.17, 15) is 8.78 Å². The van der Waals surface area contributed by atoms with Crippen LogP contribution in [0.2, 0.25) is 0 Å². The normalized spacial score (nSPS) is 10.9. The molecule has 0 fully saturated rings. The van der Waals surface area contributed by atoms with Gasteiger partial charge in [-0.3, -0.25) is 4.68 Å². The van der Waals surface area contributed by atoms with E-state index in [0.29, 0.717) is 25.3 Å². The maximum Gasteiger partial charge on any atom is 0.198 e. The van der Waals surface area contributed by atoms with Gasteiger partial charge in [0, 0.05) is 27.2 Å². The number of nitrogens with zero attached hydrogens (tertiary/aromatic N) is 2. The average molecular weight is 297 g/mol. The standard InChI is InChI=1S/C14H17F2N3O2/c1-19-9-11(8-18-19)21-14-12(15)5-10(6-13(14)16)7-17-3-4-20-2/h5-6,8-9,17H,3-4,7H2,1-2H3. The van der Waals surface area contributed by atoms with Gasteiger partial charge in [0.1, 0.15) is 0 Å². The van der Waals surface area contributed by atoms with Gasteiger partial charge in [-0.1, -0.05) is 0 Å². The molecule has 114 valence electrons. The van der Waals surface area contributed by atoms with Crippen LogP contribution < -0.4 is 10.1 Å². The largest absolute Gasteiger partial charge is 0.448 e. The fourth-order valence-electron chi connectivity index (χ4n) is 1.79. The highest BCUT2D eigenvalue weighted by Gasteiger charge is 2.14. The monoisotopic (exact) mass is 297 g/mol. The number of ether oxygens (including phenoxy) is 2. The highest BCUT2D eigenvalue weighted by Crippen LogP contribution is 2.28. The van der Waals surface area contributed by atoms with Gasteiger partial charge < -0.3 is 14.8 Å². The molecule has 0 aliphatic rings. The number of hydrogen-bond acceptors (Lipinski definition) is 4. The van der Waals surface area contributed by atoms with Crippen molar-refractivity contribution in [3.63, 3.8) is 0 Å². The Labute approximate surface area is 121 Å². The summed E-state index contributed by atoms with van der Waals surface area (Å²) in [5.41, 5.74) is 0.500. The van der Waals surface area contributed by atoms with Gasteiger partial charge in [-0.2, -0.15) is 5.10 Å². The third kappa shape index (κ3) is 4.24. The third-order valence-electron chi connectivity index (χ3n) is 2.77. The van der Waals surface area contributed by atoms with Crippen LogP contribution in [0.1, 0.15) is 5.56 Å². The van der Waals surface area contributed by atoms with Crippen LogP contribution in [0.25, 0.3) is 0 Å². The number of aromatic nitrogens is 2. The molecule has 0 bridgehead atoms. The van der Waals surface area contributed by atoms with Crippen molar-refractivity contribution in [2.75, 3.05) is 20.3 Å². The molecule has 0 saturated heterocycles. The molecule has 0 aliphatic heterocycles. The van der Waals surface area contributed by atoms with Gasteiger partial charge in [-0.05, 0) is 17.7 Å². The molecule has 1 aromatic carbocycles. The fourth-order valence-corrected chi connectivity index (χ4v) is 1.79. The summed E-state index contributed by atoms with van der Waals surface area (Å²) in [5.74, 6) is -1.64. The SMILES string of the molecule is COCCNCc1cc(F)c(Oc2cnn(C)c2)c(F)c1. The van der Waals surface area contributed by atoms with E-state index in [-0.39, 0.29) is 5.75 Å². The zero-order chi connectivity index (χ0) is 15.2. The van der Waals surface area contributed by atoms with Gasteiger partial charge in [0.2, 0.25) is 0 Å². The highest BCUT2D eigenvalue weighted by atomic mass is 19.1. The summed E-state index contributed by atoms with van der Waals surface area (Å²) in [5, 5.41) is 6.89. The van der Waals surface area contributed by atoms with Crippen molar-refractivity contribution < 1.29 is 18.3 Å². The fraction of sp³-hybridized carbons (Fsp3) is 0.357. The molecule has 0 atom stereocenters. The molecular formula is C14H17F2N3O2. The van der Waals surface area contributed by atoms with E-state index in [1.165, 1.54) is 29.2 Å². The molecule has 5 nitrogen and oxygen atoms in total. The van der Waals surface area contributed by atoms with Crippen molar-refractivity contribution >= 4 is 0 Å². The second kappa shape index (κ2) is 7.14. The van der Waals surface area contributed by atoms with Crippen molar-refractivity contribution in [3.05, 3.63) is 41.7 Å². The van der Waals surface area contributed by atoms with Crippen molar-refractivity contribution in [3.8, 4) is 11.5 Å². The summed E-state index contributed by atoms with van der Waals surface area (Å²) in [7, 11) is 3.28. The van der Waals surface area contributed by atoms with Crippen LogP contribution >= 0.6 is 0 Å². The van der Waals surface area contributed by atoms with E-state index in [0.717, 1.165) is 0 Å². The van der Waals surface area contributed by atoms with E-state index >= 15 is 0 Å². The number of halogens is 2. The summed E-state index contributed by atoms with van der Waals surface area (Å²) in [6, 6.07) is 2.49. The Balaban J connectivity index is 2.06. The topological polar surface area (TPSA) is 48.3 Å². The lowest BCUT2D eigenvalue weighted by atomic mass is 10.2. The van der Waals surface area contributed by atoms with Gasteiger partial charge in [-0.15, -0.1) is 0 Å². The first-order valence-corrected chi connectivity index (χ1v) is 6.44. The lowest BCUT2D eigenvalue weighted by Crippen LogP contribution is -2.18. The summed E-state index contributed by atoms with van der Waals surface area (Å²) in [4.78, 5) is 0. The Morgan fingerprint density at radius 2 is 2.00 bits per heavy atom. The number of rotatable bonds is 7. The van der Waals surface area contributed by atoms with Crippen LogP contribution in [0.15, 0.2) is 24.5 Å². The van der Waals surface area contributed by atoms with Crippen LogP contribution in [0.4, 0.5) is 8.78 Å². The molecule has 0 amide bonds. The molecule has 2 rings (SSSR count). The molecule has 2 aromatic rings. The first-order chi connectivity index (χ1) is 10.1. The van der Waals surface area contributed by atoms with Crippen LogP contribution in [0.5, 0.6) is 11.5 Å². The van der Waals surface area contributed by atoms with Crippen LogP contribution in [0, 0.1) is 11.6 Å². The predicted molar refractivity (Wildman–Crippen MR) is 73.2 cm³/mol. The lowest BCUT2D eigenvalue weighted by molar-refractivity contribution is 0.199. The van der Waals surface area contributed by atoms with E-state index in [1.54, 1.807) is 14.2 Å². The molecule has 1 heterocycles. The zero-order valence-corrected chi connectivity index (χ0v) is 11.9. The number of aryl methyl sites for hydroxylation is 1. The Morgan fingerprint density at radius 3 is 2.57 bits per heavy atom.